The van der Waals surface area contributed by atoms with Gasteiger partial charge in [0.15, 0.2) is 5.69 Å². The van der Waals surface area contributed by atoms with Crippen LogP contribution in [0.25, 0.3) is 0 Å². The lowest BCUT2D eigenvalue weighted by Crippen LogP contribution is -2.52. The molecule has 2 rings (SSSR count). The van der Waals surface area contributed by atoms with Gasteiger partial charge >= 0.3 is 0 Å². The third kappa shape index (κ3) is 3.51. The van der Waals surface area contributed by atoms with Crippen LogP contribution in [0.1, 0.15) is 49.0 Å². The lowest BCUT2D eigenvalue weighted by atomic mass is 9.88. The molecule has 19 heavy (non-hydrogen) atoms. The fraction of sp³-hybridized carbons (Fsp3) is 0.769. The Kier molecular flexibility index (Phi) is 4.87. The summed E-state index contributed by atoms with van der Waals surface area (Å²) in [7, 11) is 4.23. The molecule has 1 aromatic heterocycles. The number of carbonyl (C=O) groups excluding carboxylic acids is 1. The molecule has 6 heteroatoms. The summed E-state index contributed by atoms with van der Waals surface area (Å²) in [5, 5.41) is 3.03. The van der Waals surface area contributed by atoms with Gasteiger partial charge in [0.1, 0.15) is 0 Å². The minimum Gasteiger partial charge on any atom is -0.349 e. The molecule has 1 N–H and O–H groups in total. The maximum absolute atomic E-state index is 12.0. The Balaban J connectivity index is 1.98. The van der Waals surface area contributed by atoms with E-state index in [1.807, 2.05) is 0 Å². The van der Waals surface area contributed by atoms with Crippen molar-refractivity contribution < 1.29 is 4.79 Å². The van der Waals surface area contributed by atoms with E-state index in [0.29, 0.717) is 12.2 Å². The van der Waals surface area contributed by atoms with Crippen LogP contribution in [0.5, 0.6) is 0 Å². The fourth-order valence-corrected chi connectivity index (χ4v) is 3.18. The van der Waals surface area contributed by atoms with E-state index >= 15 is 0 Å². The Hall–Kier alpha value is -1.01. The van der Waals surface area contributed by atoms with Crippen LogP contribution >= 0.6 is 11.7 Å². The van der Waals surface area contributed by atoms with E-state index in [0.717, 1.165) is 24.6 Å². The Bertz CT molecular complexity index is 397. The second-order valence-corrected chi connectivity index (χ2v) is 6.07. The zero-order valence-corrected chi connectivity index (χ0v) is 12.5. The zero-order chi connectivity index (χ0) is 13.7. The average Bonchev–Trinajstić information content (AvgIpc) is 2.82. The van der Waals surface area contributed by atoms with Crippen molar-refractivity contribution in [3.63, 3.8) is 0 Å². The molecule has 1 aliphatic rings. The highest BCUT2D eigenvalue weighted by atomic mass is 32.1. The van der Waals surface area contributed by atoms with Crippen LogP contribution < -0.4 is 5.32 Å². The molecule has 0 atom stereocenters. The molecule has 0 spiro atoms. The predicted octanol–water partition coefficient (Wildman–Crippen LogP) is 1.92. The van der Waals surface area contributed by atoms with Gasteiger partial charge in [-0.1, -0.05) is 25.7 Å². The first-order chi connectivity index (χ1) is 9.14. The van der Waals surface area contributed by atoms with Crippen molar-refractivity contribution in [3.8, 4) is 0 Å². The fourth-order valence-electron chi connectivity index (χ4n) is 2.77. The van der Waals surface area contributed by atoms with Gasteiger partial charge in [0.2, 0.25) is 0 Å². The van der Waals surface area contributed by atoms with Crippen LogP contribution in [0.4, 0.5) is 0 Å². The third-order valence-electron chi connectivity index (χ3n) is 4.15. The highest BCUT2D eigenvalue weighted by molar-refractivity contribution is 6.99. The van der Waals surface area contributed by atoms with Crippen molar-refractivity contribution >= 4 is 17.6 Å². The number of aromatic nitrogens is 2. The van der Waals surface area contributed by atoms with E-state index in [-0.39, 0.29) is 11.4 Å². The first-order valence-corrected chi connectivity index (χ1v) is 7.60. The number of carbonyl (C=O) groups is 1. The summed E-state index contributed by atoms with van der Waals surface area (Å²) >= 11 is 1.07. The molecule has 0 bridgehead atoms. The van der Waals surface area contributed by atoms with Gasteiger partial charge in [-0.15, -0.1) is 0 Å². The molecular weight excluding hydrogens is 260 g/mol. The summed E-state index contributed by atoms with van der Waals surface area (Å²) in [6.45, 7) is 0.691. The van der Waals surface area contributed by atoms with Gasteiger partial charge in [-0.3, -0.25) is 4.79 Å². The Morgan fingerprint density at radius 3 is 2.58 bits per heavy atom. The molecule has 1 aliphatic carbocycles. The van der Waals surface area contributed by atoms with E-state index in [2.05, 4.69) is 33.1 Å². The molecule has 1 fully saturated rings. The molecule has 0 radical (unpaired) electrons. The molecule has 1 aromatic rings. The van der Waals surface area contributed by atoms with Crippen molar-refractivity contribution in [1.29, 1.82) is 0 Å². The molecule has 1 saturated carbocycles. The summed E-state index contributed by atoms with van der Waals surface area (Å²) < 4.78 is 7.84. The Labute approximate surface area is 118 Å². The molecule has 1 heterocycles. The summed E-state index contributed by atoms with van der Waals surface area (Å²) in [6.07, 6.45) is 8.91. The number of likely N-dealkylation sites (N-methyl/N-ethyl adjacent to an activating group) is 1. The van der Waals surface area contributed by atoms with Crippen LogP contribution in [0.15, 0.2) is 6.20 Å². The van der Waals surface area contributed by atoms with Crippen molar-refractivity contribution in [3.05, 3.63) is 11.9 Å². The van der Waals surface area contributed by atoms with Gasteiger partial charge in [0.25, 0.3) is 5.91 Å². The topological polar surface area (TPSA) is 58.1 Å². The van der Waals surface area contributed by atoms with Gasteiger partial charge in [0.05, 0.1) is 17.9 Å². The normalized spacial score (nSPS) is 19.1. The maximum atomic E-state index is 12.0. The smallest absolute Gasteiger partial charge is 0.272 e. The molecule has 0 unspecified atom stereocenters. The summed E-state index contributed by atoms with van der Waals surface area (Å²) in [4.78, 5) is 14.2. The van der Waals surface area contributed by atoms with Crippen LogP contribution in [0.2, 0.25) is 0 Å². The molecule has 0 saturated heterocycles. The van der Waals surface area contributed by atoms with Gasteiger partial charge in [0, 0.05) is 12.1 Å². The van der Waals surface area contributed by atoms with Crippen LogP contribution in [0.3, 0.4) is 0 Å². The third-order valence-corrected chi connectivity index (χ3v) is 4.63. The number of nitrogens with zero attached hydrogens (tertiary/aromatic N) is 3. The number of rotatable bonds is 4. The van der Waals surface area contributed by atoms with E-state index in [1.54, 1.807) is 0 Å². The first-order valence-electron chi connectivity index (χ1n) is 6.87. The van der Waals surface area contributed by atoms with Crippen molar-refractivity contribution in [1.82, 2.24) is 19.0 Å². The van der Waals surface area contributed by atoms with Crippen molar-refractivity contribution in [2.45, 2.75) is 44.1 Å². The Morgan fingerprint density at radius 2 is 2.05 bits per heavy atom. The van der Waals surface area contributed by atoms with E-state index in [9.17, 15) is 4.79 Å². The second-order valence-electron chi connectivity index (χ2n) is 5.51. The van der Waals surface area contributed by atoms with Crippen LogP contribution in [0, 0.1) is 0 Å². The predicted molar refractivity (Wildman–Crippen MR) is 76.4 cm³/mol. The molecule has 0 aromatic carbocycles. The van der Waals surface area contributed by atoms with Crippen LogP contribution in [-0.4, -0.2) is 45.7 Å². The molecular formula is C13H22N4OS. The van der Waals surface area contributed by atoms with Gasteiger partial charge < -0.3 is 10.2 Å². The Morgan fingerprint density at radius 1 is 1.37 bits per heavy atom. The van der Waals surface area contributed by atoms with E-state index in [4.69, 9.17) is 0 Å². The molecule has 1 amide bonds. The number of hydrogen-bond acceptors (Lipinski definition) is 5. The maximum Gasteiger partial charge on any atom is 0.272 e. The van der Waals surface area contributed by atoms with Crippen LogP contribution in [-0.2, 0) is 0 Å². The largest absolute Gasteiger partial charge is 0.349 e. The number of hydrogen-bond donors (Lipinski definition) is 1. The standard InChI is InChI=1S/C13H22N4OS/c1-17(2)13(7-5-3-4-6-8-13)10-14-12(18)11-9-15-19-16-11/h9H,3-8,10H2,1-2H3,(H,14,18). The lowest BCUT2D eigenvalue weighted by molar-refractivity contribution is 0.0865. The summed E-state index contributed by atoms with van der Waals surface area (Å²) in [5.41, 5.74) is 0.517. The number of amides is 1. The molecule has 5 nitrogen and oxygen atoms in total. The number of nitrogens with one attached hydrogen (secondary N) is 1. The average molecular weight is 282 g/mol. The highest BCUT2D eigenvalue weighted by Crippen LogP contribution is 2.30. The monoisotopic (exact) mass is 282 g/mol. The van der Waals surface area contributed by atoms with E-state index < -0.39 is 0 Å². The lowest BCUT2D eigenvalue weighted by Gasteiger charge is -2.39. The first kappa shape index (κ1) is 14.4. The van der Waals surface area contributed by atoms with Gasteiger partial charge in [-0.25, -0.2) is 0 Å². The van der Waals surface area contributed by atoms with Gasteiger partial charge in [-0.2, -0.15) is 8.75 Å². The zero-order valence-electron chi connectivity index (χ0n) is 11.7. The SMILES string of the molecule is CN(C)C1(CNC(=O)c2cnsn2)CCCCCC1. The molecule has 106 valence electrons. The highest BCUT2D eigenvalue weighted by Gasteiger charge is 2.33. The second kappa shape index (κ2) is 6.43. The molecule has 0 aliphatic heterocycles. The minimum absolute atomic E-state index is 0.0929. The summed E-state index contributed by atoms with van der Waals surface area (Å²) in [5.74, 6) is -0.112. The van der Waals surface area contributed by atoms with Crippen molar-refractivity contribution in [2.75, 3.05) is 20.6 Å². The summed E-state index contributed by atoms with van der Waals surface area (Å²) in [6, 6.07) is 0. The van der Waals surface area contributed by atoms with E-state index in [1.165, 1.54) is 31.9 Å². The van der Waals surface area contributed by atoms with Crippen molar-refractivity contribution in [2.24, 2.45) is 0 Å². The quantitative estimate of drug-likeness (QED) is 0.857. The minimum atomic E-state index is -0.112. The van der Waals surface area contributed by atoms with Gasteiger partial charge in [-0.05, 0) is 26.9 Å².